The van der Waals surface area contributed by atoms with Crippen LogP contribution in [0.3, 0.4) is 0 Å². The summed E-state index contributed by atoms with van der Waals surface area (Å²) in [6.07, 6.45) is 1.50. The number of piperidine rings is 1. The number of rotatable bonds is 4. The van der Waals surface area contributed by atoms with E-state index >= 15 is 0 Å². The molecule has 0 aromatic carbocycles. The van der Waals surface area contributed by atoms with Gasteiger partial charge in [-0.1, -0.05) is 0 Å². The Bertz CT molecular complexity index is 538. The van der Waals surface area contributed by atoms with E-state index in [2.05, 4.69) is 5.10 Å². The number of hydrogen-bond acceptors (Lipinski definition) is 3. The molecule has 0 spiro atoms. The fraction of sp³-hybridized carbons (Fsp3) is 0.667. The quantitative estimate of drug-likeness (QED) is 0.915. The molecule has 2 rings (SSSR count). The number of aryl methyl sites for hydroxylation is 3. The molecular formula is C15H23N3O3. The average molecular weight is 293 g/mol. The zero-order valence-corrected chi connectivity index (χ0v) is 12.9. The van der Waals surface area contributed by atoms with Crippen LogP contribution in [0, 0.1) is 19.8 Å². The molecule has 1 fully saturated rings. The van der Waals surface area contributed by atoms with E-state index in [9.17, 15) is 9.59 Å². The minimum atomic E-state index is -0.753. The first-order valence-electron chi connectivity index (χ1n) is 7.42. The maximum absolute atomic E-state index is 12.3. The van der Waals surface area contributed by atoms with Crippen molar-refractivity contribution in [1.29, 1.82) is 0 Å². The average Bonchev–Trinajstić information content (AvgIpc) is 2.74. The number of carboxylic acids is 1. The van der Waals surface area contributed by atoms with Crippen LogP contribution >= 0.6 is 0 Å². The van der Waals surface area contributed by atoms with E-state index in [1.54, 1.807) is 0 Å². The van der Waals surface area contributed by atoms with Crippen LogP contribution in [-0.2, 0) is 16.1 Å². The molecule has 6 heteroatoms. The molecule has 0 aliphatic carbocycles. The Morgan fingerprint density at radius 2 is 2.14 bits per heavy atom. The van der Waals surface area contributed by atoms with Gasteiger partial charge in [0.2, 0.25) is 5.91 Å². The number of nitrogens with zero attached hydrogens (tertiary/aromatic N) is 3. The minimum Gasteiger partial charge on any atom is -0.481 e. The molecule has 2 heterocycles. The lowest BCUT2D eigenvalue weighted by atomic mass is 9.91. The van der Waals surface area contributed by atoms with Gasteiger partial charge in [0.05, 0.1) is 11.6 Å². The maximum atomic E-state index is 12.3. The molecule has 1 aliphatic rings. The summed E-state index contributed by atoms with van der Waals surface area (Å²) in [4.78, 5) is 25.1. The first-order chi connectivity index (χ1) is 9.88. The highest BCUT2D eigenvalue weighted by atomic mass is 16.4. The number of carbonyl (C=O) groups is 2. The molecule has 1 aliphatic heterocycles. The SMILES string of the molecule is Cc1cc(C)n(CCC(=O)N2CCC(C(=O)O)CC2C)n1. The van der Waals surface area contributed by atoms with E-state index in [0.717, 1.165) is 11.4 Å². The van der Waals surface area contributed by atoms with Crippen LogP contribution in [0.25, 0.3) is 0 Å². The van der Waals surface area contributed by atoms with Crippen molar-refractivity contribution in [2.75, 3.05) is 6.54 Å². The summed E-state index contributed by atoms with van der Waals surface area (Å²) in [5.41, 5.74) is 2.01. The Kier molecular flexibility index (Phi) is 4.65. The minimum absolute atomic E-state index is 0.00666. The van der Waals surface area contributed by atoms with Gasteiger partial charge < -0.3 is 10.0 Å². The lowest BCUT2D eigenvalue weighted by Gasteiger charge is -2.36. The van der Waals surface area contributed by atoms with Gasteiger partial charge in [-0.25, -0.2) is 0 Å². The van der Waals surface area contributed by atoms with Gasteiger partial charge in [0.15, 0.2) is 0 Å². The zero-order valence-electron chi connectivity index (χ0n) is 12.9. The van der Waals surface area contributed by atoms with Crippen LogP contribution in [0.4, 0.5) is 0 Å². The number of likely N-dealkylation sites (tertiary alicyclic amines) is 1. The lowest BCUT2D eigenvalue weighted by Crippen LogP contribution is -2.46. The standard InChI is InChI=1S/C15H23N3O3/c1-10-8-12(3)18(16-10)7-5-14(19)17-6-4-13(15(20)21)9-11(17)2/h8,11,13H,4-7,9H2,1-3H3,(H,20,21). The van der Waals surface area contributed by atoms with Gasteiger partial charge in [-0.2, -0.15) is 5.10 Å². The molecule has 2 atom stereocenters. The number of amides is 1. The van der Waals surface area contributed by atoms with Crippen molar-refractivity contribution in [1.82, 2.24) is 14.7 Å². The van der Waals surface area contributed by atoms with Gasteiger partial charge in [-0.05, 0) is 39.7 Å². The topological polar surface area (TPSA) is 75.4 Å². The summed E-state index contributed by atoms with van der Waals surface area (Å²) in [7, 11) is 0. The predicted molar refractivity (Wildman–Crippen MR) is 77.9 cm³/mol. The highest BCUT2D eigenvalue weighted by molar-refractivity contribution is 5.77. The number of hydrogen-bond donors (Lipinski definition) is 1. The third kappa shape index (κ3) is 3.62. The molecule has 1 aromatic rings. The van der Waals surface area contributed by atoms with Gasteiger partial charge >= 0.3 is 5.97 Å². The van der Waals surface area contributed by atoms with Gasteiger partial charge in [0.25, 0.3) is 0 Å². The van der Waals surface area contributed by atoms with Gasteiger partial charge in [0.1, 0.15) is 0 Å². The molecule has 2 unspecified atom stereocenters. The first-order valence-corrected chi connectivity index (χ1v) is 7.42. The fourth-order valence-corrected chi connectivity index (χ4v) is 3.01. The van der Waals surface area contributed by atoms with E-state index in [1.165, 1.54) is 0 Å². The van der Waals surface area contributed by atoms with Gasteiger partial charge in [-0.15, -0.1) is 0 Å². The molecule has 6 nitrogen and oxygen atoms in total. The molecule has 21 heavy (non-hydrogen) atoms. The molecule has 1 N–H and O–H groups in total. The van der Waals surface area contributed by atoms with Gasteiger partial charge in [-0.3, -0.25) is 14.3 Å². The molecular weight excluding hydrogens is 270 g/mol. The van der Waals surface area contributed by atoms with Crippen molar-refractivity contribution < 1.29 is 14.7 Å². The van der Waals surface area contributed by atoms with Crippen molar-refractivity contribution in [3.8, 4) is 0 Å². The van der Waals surface area contributed by atoms with Crippen molar-refractivity contribution in [3.63, 3.8) is 0 Å². The monoisotopic (exact) mass is 293 g/mol. The maximum Gasteiger partial charge on any atom is 0.306 e. The number of carbonyl (C=O) groups excluding carboxylic acids is 1. The Balaban J connectivity index is 1.89. The van der Waals surface area contributed by atoms with Crippen molar-refractivity contribution in [3.05, 3.63) is 17.5 Å². The second kappa shape index (κ2) is 6.28. The summed E-state index contributed by atoms with van der Waals surface area (Å²) in [6.45, 7) is 6.95. The Morgan fingerprint density at radius 1 is 1.43 bits per heavy atom. The number of aliphatic carboxylic acids is 1. The van der Waals surface area contributed by atoms with Gasteiger partial charge in [0, 0.05) is 31.2 Å². The van der Waals surface area contributed by atoms with Crippen LogP contribution in [0.1, 0.15) is 37.6 Å². The predicted octanol–water partition coefficient (Wildman–Crippen LogP) is 1.60. The van der Waals surface area contributed by atoms with Crippen molar-refractivity contribution >= 4 is 11.9 Å². The fourth-order valence-electron chi connectivity index (χ4n) is 3.01. The second-order valence-corrected chi connectivity index (χ2v) is 5.90. The third-order valence-electron chi connectivity index (χ3n) is 4.19. The summed E-state index contributed by atoms with van der Waals surface area (Å²) in [5.74, 6) is -0.990. The van der Waals surface area contributed by atoms with Crippen LogP contribution in [-0.4, -0.2) is 44.3 Å². The lowest BCUT2D eigenvalue weighted by molar-refractivity contribution is -0.147. The van der Waals surface area contributed by atoms with Crippen molar-refractivity contribution in [2.45, 2.75) is 52.6 Å². The third-order valence-corrected chi connectivity index (χ3v) is 4.19. The second-order valence-electron chi connectivity index (χ2n) is 5.90. The van der Waals surface area contributed by atoms with Crippen LogP contribution in [0.5, 0.6) is 0 Å². The highest BCUT2D eigenvalue weighted by Crippen LogP contribution is 2.23. The molecule has 116 valence electrons. The number of aromatic nitrogens is 2. The molecule has 1 saturated heterocycles. The summed E-state index contributed by atoms with van der Waals surface area (Å²) < 4.78 is 1.85. The molecule has 0 radical (unpaired) electrons. The van der Waals surface area contributed by atoms with E-state index in [0.29, 0.717) is 32.4 Å². The molecule has 0 bridgehead atoms. The largest absolute Gasteiger partial charge is 0.481 e. The summed E-state index contributed by atoms with van der Waals surface area (Å²) in [5, 5.41) is 13.4. The Morgan fingerprint density at radius 3 is 2.67 bits per heavy atom. The molecule has 1 aromatic heterocycles. The van der Waals surface area contributed by atoms with Crippen LogP contribution in [0.2, 0.25) is 0 Å². The smallest absolute Gasteiger partial charge is 0.306 e. The molecule has 1 amide bonds. The van der Waals surface area contributed by atoms with E-state index in [4.69, 9.17) is 5.11 Å². The summed E-state index contributed by atoms with van der Waals surface area (Å²) >= 11 is 0. The Labute approximate surface area is 124 Å². The van der Waals surface area contributed by atoms with E-state index in [1.807, 2.05) is 36.4 Å². The Hall–Kier alpha value is -1.85. The first kappa shape index (κ1) is 15.5. The highest BCUT2D eigenvalue weighted by Gasteiger charge is 2.31. The normalized spacial score (nSPS) is 22.3. The van der Waals surface area contributed by atoms with E-state index in [-0.39, 0.29) is 17.9 Å². The number of carboxylic acid groups (broad SMARTS) is 1. The van der Waals surface area contributed by atoms with Crippen LogP contribution in [0.15, 0.2) is 6.07 Å². The zero-order chi connectivity index (χ0) is 15.6. The van der Waals surface area contributed by atoms with E-state index < -0.39 is 5.97 Å². The van der Waals surface area contributed by atoms with Crippen LogP contribution < -0.4 is 0 Å². The molecule has 0 saturated carbocycles. The summed E-state index contributed by atoms with van der Waals surface area (Å²) in [6, 6.07) is 1.98. The van der Waals surface area contributed by atoms with Crippen molar-refractivity contribution in [2.24, 2.45) is 5.92 Å².